The van der Waals surface area contributed by atoms with Crippen LogP contribution in [-0.4, -0.2) is 39.4 Å². The Morgan fingerprint density at radius 2 is 1.83 bits per heavy atom. The number of halogens is 1. The number of nitrogens with zero attached hydrogens (tertiary/aromatic N) is 3. The highest BCUT2D eigenvalue weighted by Crippen LogP contribution is 2.32. The van der Waals surface area contributed by atoms with Gasteiger partial charge in [0.1, 0.15) is 0 Å². The molecule has 0 spiro atoms. The summed E-state index contributed by atoms with van der Waals surface area (Å²) in [7, 11) is 0. The number of rotatable bonds is 8. The van der Waals surface area contributed by atoms with Gasteiger partial charge in [-0.15, -0.1) is 0 Å². The smallest absolute Gasteiger partial charge is 0.246 e. The summed E-state index contributed by atoms with van der Waals surface area (Å²) in [6, 6.07) is 15.5. The van der Waals surface area contributed by atoms with Gasteiger partial charge in [-0.2, -0.15) is 0 Å². The molecule has 5 rings (SSSR count). The monoisotopic (exact) mass is 490 g/mol. The first-order valence-electron chi connectivity index (χ1n) is 12.5. The van der Waals surface area contributed by atoms with Crippen molar-refractivity contribution in [2.45, 2.75) is 45.4 Å². The summed E-state index contributed by atoms with van der Waals surface area (Å²) < 4.78 is 1.89. The van der Waals surface area contributed by atoms with Crippen LogP contribution >= 0.6 is 11.6 Å². The molecule has 0 radical (unpaired) electrons. The van der Waals surface area contributed by atoms with Crippen molar-refractivity contribution in [2.24, 2.45) is 11.8 Å². The van der Waals surface area contributed by atoms with Crippen molar-refractivity contribution >= 4 is 29.4 Å². The SMILES string of the molecule is Cc1cccc(-n2cc(-c3ccc(Cl)cc3)nc2NC(=O)CN(CC2CC2)C(=O)C2CCCC2)c1. The summed E-state index contributed by atoms with van der Waals surface area (Å²) in [5.74, 6) is 0.934. The van der Waals surface area contributed by atoms with Crippen LogP contribution in [0, 0.1) is 18.8 Å². The molecule has 2 aliphatic carbocycles. The first-order valence-corrected chi connectivity index (χ1v) is 12.8. The van der Waals surface area contributed by atoms with Gasteiger partial charge in [0, 0.05) is 34.9 Å². The molecule has 182 valence electrons. The van der Waals surface area contributed by atoms with E-state index in [4.69, 9.17) is 16.6 Å². The third kappa shape index (κ3) is 5.76. The molecule has 2 amide bonds. The maximum Gasteiger partial charge on any atom is 0.246 e. The van der Waals surface area contributed by atoms with Gasteiger partial charge in [-0.25, -0.2) is 4.98 Å². The second-order valence-corrected chi connectivity index (χ2v) is 10.3. The molecule has 0 unspecified atom stereocenters. The van der Waals surface area contributed by atoms with Crippen LogP contribution in [0.15, 0.2) is 54.7 Å². The van der Waals surface area contributed by atoms with Gasteiger partial charge in [0.05, 0.1) is 12.2 Å². The number of hydrogen-bond donors (Lipinski definition) is 1. The topological polar surface area (TPSA) is 67.2 Å². The van der Waals surface area contributed by atoms with E-state index >= 15 is 0 Å². The molecule has 6 nitrogen and oxygen atoms in total. The van der Waals surface area contributed by atoms with Crippen LogP contribution in [0.3, 0.4) is 0 Å². The van der Waals surface area contributed by atoms with Gasteiger partial charge in [-0.1, -0.05) is 48.7 Å². The number of carbonyl (C=O) groups is 2. The molecule has 35 heavy (non-hydrogen) atoms. The Kier molecular flexibility index (Phi) is 6.91. The van der Waals surface area contributed by atoms with Crippen molar-refractivity contribution in [3.63, 3.8) is 0 Å². The average molecular weight is 491 g/mol. The van der Waals surface area contributed by atoms with E-state index in [-0.39, 0.29) is 24.3 Å². The average Bonchev–Trinajstić information content (AvgIpc) is 3.31. The lowest BCUT2D eigenvalue weighted by Gasteiger charge is -2.25. The number of aryl methyl sites for hydroxylation is 1. The highest BCUT2D eigenvalue weighted by Gasteiger charge is 2.33. The van der Waals surface area contributed by atoms with Crippen molar-refractivity contribution in [1.29, 1.82) is 0 Å². The lowest BCUT2D eigenvalue weighted by molar-refractivity contribution is -0.138. The zero-order chi connectivity index (χ0) is 24.4. The number of hydrogen-bond acceptors (Lipinski definition) is 3. The zero-order valence-corrected chi connectivity index (χ0v) is 20.8. The van der Waals surface area contributed by atoms with E-state index in [1.165, 1.54) is 0 Å². The second-order valence-electron chi connectivity index (χ2n) is 9.86. The molecule has 2 aliphatic rings. The second kappa shape index (κ2) is 10.2. The molecule has 1 heterocycles. The fourth-order valence-electron chi connectivity index (χ4n) is 4.82. The molecule has 0 atom stereocenters. The number of nitrogens with one attached hydrogen (secondary N) is 1. The van der Waals surface area contributed by atoms with E-state index in [2.05, 4.69) is 5.32 Å². The van der Waals surface area contributed by atoms with E-state index in [9.17, 15) is 9.59 Å². The number of amides is 2. The van der Waals surface area contributed by atoms with Crippen LogP contribution in [0.25, 0.3) is 16.9 Å². The van der Waals surface area contributed by atoms with Crippen molar-refractivity contribution in [3.05, 3.63) is 65.3 Å². The van der Waals surface area contributed by atoms with Gasteiger partial charge in [-0.05, 0) is 68.4 Å². The van der Waals surface area contributed by atoms with Gasteiger partial charge in [0.25, 0.3) is 0 Å². The van der Waals surface area contributed by atoms with Crippen LogP contribution < -0.4 is 5.32 Å². The Balaban J connectivity index is 1.39. The number of carbonyl (C=O) groups excluding carboxylic acids is 2. The molecule has 7 heteroatoms. The normalized spacial score (nSPS) is 15.8. The molecular formula is C28H31ClN4O2. The van der Waals surface area contributed by atoms with E-state index < -0.39 is 0 Å². The quantitative estimate of drug-likeness (QED) is 0.429. The van der Waals surface area contributed by atoms with Crippen LogP contribution in [0.2, 0.25) is 5.02 Å². The minimum absolute atomic E-state index is 0.0583. The first-order chi connectivity index (χ1) is 17.0. The molecule has 0 saturated heterocycles. The van der Waals surface area contributed by atoms with Crippen molar-refractivity contribution in [3.8, 4) is 16.9 Å². The number of anilines is 1. The van der Waals surface area contributed by atoms with Crippen LogP contribution in [0.1, 0.15) is 44.1 Å². The maximum atomic E-state index is 13.2. The maximum absolute atomic E-state index is 13.2. The molecule has 2 aromatic carbocycles. The van der Waals surface area contributed by atoms with Crippen LogP contribution in [0.5, 0.6) is 0 Å². The molecule has 0 bridgehead atoms. The Morgan fingerprint density at radius 1 is 1.09 bits per heavy atom. The first kappa shape index (κ1) is 23.6. The summed E-state index contributed by atoms with van der Waals surface area (Å²) in [6.45, 7) is 2.76. The Labute approximate surface area is 211 Å². The van der Waals surface area contributed by atoms with Crippen molar-refractivity contribution in [2.75, 3.05) is 18.4 Å². The molecule has 1 aromatic heterocycles. The fourth-order valence-corrected chi connectivity index (χ4v) is 4.94. The Morgan fingerprint density at radius 3 is 2.51 bits per heavy atom. The highest BCUT2D eigenvalue weighted by molar-refractivity contribution is 6.30. The molecule has 2 saturated carbocycles. The Bertz CT molecular complexity index is 1210. The number of aromatic nitrogens is 2. The van der Waals surface area contributed by atoms with Crippen molar-refractivity contribution in [1.82, 2.24) is 14.5 Å². The van der Waals surface area contributed by atoms with Crippen LogP contribution in [-0.2, 0) is 9.59 Å². The molecule has 0 aliphatic heterocycles. The van der Waals surface area contributed by atoms with E-state index in [0.717, 1.165) is 61.0 Å². The third-order valence-electron chi connectivity index (χ3n) is 6.90. The Hall–Kier alpha value is -3.12. The molecule has 1 N–H and O–H groups in total. The van der Waals surface area contributed by atoms with E-state index in [0.29, 0.717) is 23.4 Å². The van der Waals surface area contributed by atoms with Gasteiger partial charge in [0.15, 0.2) is 0 Å². The minimum atomic E-state index is -0.223. The molecular weight excluding hydrogens is 460 g/mol. The van der Waals surface area contributed by atoms with Crippen molar-refractivity contribution < 1.29 is 9.59 Å². The summed E-state index contributed by atoms with van der Waals surface area (Å²) >= 11 is 6.06. The highest BCUT2D eigenvalue weighted by atomic mass is 35.5. The predicted molar refractivity (Wildman–Crippen MR) is 139 cm³/mol. The third-order valence-corrected chi connectivity index (χ3v) is 7.15. The molecule has 2 fully saturated rings. The largest absolute Gasteiger partial charge is 0.333 e. The van der Waals surface area contributed by atoms with E-state index in [1.807, 2.05) is 66.2 Å². The van der Waals surface area contributed by atoms with Crippen LogP contribution in [0.4, 0.5) is 5.95 Å². The van der Waals surface area contributed by atoms with Gasteiger partial charge in [-0.3, -0.25) is 19.5 Å². The number of imidazole rings is 1. The summed E-state index contributed by atoms with van der Waals surface area (Å²) in [6.07, 6.45) is 8.26. The van der Waals surface area contributed by atoms with Gasteiger partial charge >= 0.3 is 0 Å². The fraction of sp³-hybridized carbons (Fsp3) is 0.393. The summed E-state index contributed by atoms with van der Waals surface area (Å²) in [4.78, 5) is 32.9. The molecule has 3 aromatic rings. The lowest BCUT2D eigenvalue weighted by atomic mass is 10.1. The number of benzene rings is 2. The zero-order valence-electron chi connectivity index (χ0n) is 20.0. The van der Waals surface area contributed by atoms with Gasteiger partial charge < -0.3 is 4.90 Å². The summed E-state index contributed by atoms with van der Waals surface area (Å²) in [5.41, 5.74) is 3.66. The van der Waals surface area contributed by atoms with Gasteiger partial charge in [0.2, 0.25) is 17.8 Å². The van der Waals surface area contributed by atoms with E-state index in [1.54, 1.807) is 4.90 Å². The summed E-state index contributed by atoms with van der Waals surface area (Å²) in [5, 5.41) is 3.65. The predicted octanol–water partition coefficient (Wildman–Crippen LogP) is 5.87. The minimum Gasteiger partial charge on any atom is -0.333 e. The lowest BCUT2D eigenvalue weighted by Crippen LogP contribution is -2.42. The standard InChI is InChI=1S/C28H31ClN4O2/c1-19-5-4-8-24(15-19)33-17-25(21-11-13-23(29)14-12-21)30-28(33)31-26(34)18-32(16-20-9-10-20)27(35)22-6-2-3-7-22/h4-5,8,11-15,17,20,22H,2-3,6-7,9-10,16,18H2,1H3,(H,30,31,34).